The van der Waals surface area contributed by atoms with Crippen molar-refractivity contribution >= 4 is 27.5 Å². The van der Waals surface area contributed by atoms with Crippen LogP contribution in [0.4, 0.5) is 10.1 Å². The molecule has 2 aromatic carbocycles. The van der Waals surface area contributed by atoms with E-state index in [1.54, 1.807) is 17.0 Å². The molecule has 31 heavy (non-hydrogen) atoms. The molecule has 1 N–H and O–H groups in total. The van der Waals surface area contributed by atoms with Gasteiger partial charge in [-0.2, -0.15) is 0 Å². The van der Waals surface area contributed by atoms with E-state index in [2.05, 4.69) is 4.72 Å². The van der Waals surface area contributed by atoms with Crippen LogP contribution in [0.2, 0.25) is 0 Å². The van der Waals surface area contributed by atoms with Gasteiger partial charge in [0.2, 0.25) is 5.91 Å². The van der Waals surface area contributed by atoms with E-state index in [-0.39, 0.29) is 22.6 Å². The Morgan fingerprint density at radius 3 is 2.00 bits per heavy atom. The van der Waals surface area contributed by atoms with Gasteiger partial charge in [-0.1, -0.05) is 6.42 Å². The predicted octanol–water partition coefficient (Wildman–Crippen LogP) is 2.71. The van der Waals surface area contributed by atoms with Crippen LogP contribution in [0.1, 0.15) is 29.6 Å². The van der Waals surface area contributed by atoms with Crippen LogP contribution < -0.4 is 4.72 Å². The maximum atomic E-state index is 13.0. The molecule has 0 spiro atoms. The highest BCUT2D eigenvalue weighted by molar-refractivity contribution is 7.92. The summed E-state index contributed by atoms with van der Waals surface area (Å²) in [6.07, 6.45) is 3.05. The quantitative estimate of drug-likeness (QED) is 0.767. The zero-order valence-electron chi connectivity index (χ0n) is 17.0. The average Bonchev–Trinajstić information content (AvgIpc) is 2.73. The number of sulfonamides is 1. The van der Waals surface area contributed by atoms with Crippen LogP contribution in [-0.2, 0) is 14.8 Å². The van der Waals surface area contributed by atoms with E-state index in [9.17, 15) is 22.4 Å². The van der Waals surface area contributed by atoms with Gasteiger partial charge in [0.15, 0.2) is 0 Å². The molecule has 164 valence electrons. The number of halogens is 1. The third kappa shape index (κ3) is 4.71. The Morgan fingerprint density at radius 1 is 0.871 bits per heavy atom. The van der Waals surface area contributed by atoms with Crippen molar-refractivity contribution in [3.8, 4) is 0 Å². The summed E-state index contributed by atoms with van der Waals surface area (Å²) >= 11 is 0. The molecule has 0 bridgehead atoms. The first-order valence-corrected chi connectivity index (χ1v) is 11.8. The standard InChI is InChI=1S/C22H24FN3O4S/c23-18-6-10-20(11-7-18)31(29,30)24-19-8-4-17(5-9-19)22(28)26-14-12-25(13-15-26)21(27)16-2-1-3-16/h4-11,16,24H,1-3,12-15H2. The van der Waals surface area contributed by atoms with Crippen molar-refractivity contribution < 1.29 is 22.4 Å². The van der Waals surface area contributed by atoms with Gasteiger partial charge in [0, 0.05) is 43.3 Å². The zero-order chi connectivity index (χ0) is 22.0. The van der Waals surface area contributed by atoms with Gasteiger partial charge in [0.05, 0.1) is 4.90 Å². The fourth-order valence-corrected chi connectivity index (χ4v) is 4.79. The third-order valence-electron chi connectivity index (χ3n) is 5.84. The highest BCUT2D eigenvalue weighted by Crippen LogP contribution is 2.28. The summed E-state index contributed by atoms with van der Waals surface area (Å²) < 4.78 is 40.2. The lowest BCUT2D eigenvalue weighted by molar-refractivity contribution is -0.139. The van der Waals surface area contributed by atoms with Crippen LogP contribution in [0, 0.1) is 11.7 Å². The predicted molar refractivity (Wildman–Crippen MR) is 113 cm³/mol. The number of carbonyl (C=O) groups excluding carboxylic acids is 2. The summed E-state index contributed by atoms with van der Waals surface area (Å²) in [5.74, 6) is -0.302. The van der Waals surface area contributed by atoms with E-state index in [0.717, 1.165) is 31.4 Å². The van der Waals surface area contributed by atoms with Crippen molar-refractivity contribution in [1.82, 2.24) is 9.80 Å². The molecule has 0 aromatic heterocycles. The maximum Gasteiger partial charge on any atom is 0.261 e. The number of nitrogens with zero attached hydrogens (tertiary/aromatic N) is 2. The van der Waals surface area contributed by atoms with Crippen LogP contribution in [0.25, 0.3) is 0 Å². The van der Waals surface area contributed by atoms with Crippen LogP contribution in [-0.4, -0.2) is 56.2 Å². The summed E-state index contributed by atoms with van der Waals surface area (Å²) in [4.78, 5) is 28.6. The van der Waals surface area contributed by atoms with E-state index in [1.165, 1.54) is 24.3 Å². The number of anilines is 1. The van der Waals surface area contributed by atoms with Crippen molar-refractivity contribution in [2.75, 3.05) is 30.9 Å². The molecule has 2 amide bonds. The summed E-state index contributed by atoms with van der Waals surface area (Å²) in [7, 11) is -3.85. The van der Waals surface area contributed by atoms with Crippen molar-refractivity contribution in [2.45, 2.75) is 24.2 Å². The molecular formula is C22H24FN3O4S. The van der Waals surface area contributed by atoms with E-state index in [1.807, 2.05) is 4.90 Å². The molecule has 1 heterocycles. The summed E-state index contributed by atoms with van der Waals surface area (Å²) in [6.45, 7) is 2.04. The van der Waals surface area contributed by atoms with Gasteiger partial charge in [-0.3, -0.25) is 14.3 Å². The fraction of sp³-hybridized carbons (Fsp3) is 0.364. The Labute approximate surface area is 180 Å². The summed E-state index contributed by atoms with van der Waals surface area (Å²) in [6, 6.07) is 10.7. The number of piperazine rings is 1. The van der Waals surface area contributed by atoms with Crippen molar-refractivity contribution in [2.24, 2.45) is 5.92 Å². The van der Waals surface area contributed by atoms with Crippen molar-refractivity contribution in [3.05, 3.63) is 59.9 Å². The molecule has 9 heteroatoms. The van der Waals surface area contributed by atoms with Gasteiger partial charge >= 0.3 is 0 Å². The van der Waals surface area contributed by atoms with Gasteiger partial charge in [0.1, 0.15) is 5.82 Å². The molecule has 0 unspecified atom stereocenters. The number of rotatable bonds is 5. The Balaban J connectivity index is 1.35. The molecule has 2 aliphatic rings. The minimum Gasteiger partial charge on any atom is -0.339 e. The van der Waals surface area contributed by atoms with Gasteiger partial charge < -0.3 is 9.80 Å². The zero-order valence-corrected chi connectivity index (χ0v) is 17.8. The molecule has 1 saturated carbocycles. The molecule has 1 aliphatic carbocycles. The van der Waals surface area contributed by atoms with Crippen LogP contribution >= 0.6 is 0 Å². The lowest BCUT2D eigenvalue weighted by Crippen LogP contribution is -2.52. The number of carbonyl (C=O) groups is 2. The maximum absolute atomic E-state index is 13.0. The van der Waals surface area contributed by atoms with Gasteiger partial charge in [-0.15, -0.1) is 0 Å². The van der Waals surface area contributed by atoms with Crippen LogP contribution in [0.15, 0.2) is 53.4 Å². The highest BCUT2D eigenvalue weighted by atomic mass is 32.2. The lowest BCUT2D eigenvalue weighted by atomic mass is 9.84. The van der Waals surface area contributed by atoms with E-state index in [4.69, 9.17) is 0 Å². The number of amides is 2. The highest BCUT2D eigenvalue weighted by Gasteiger charge is 2.32. The third-order valence-corrected chi connectivity index (χ3v) is 7.24. The topological polar surface area (TPSA) is 86.8 Å². The number of hydrogen-bond acceptors (Lipinski definition) is 4. The fourth-order valence-electron chi connectivity index (χ4n) is 3.73. The van der Waals surface area contributed by atoms with E-state index < -0.39 is 15.8 Å². The monoisotopic (exact) mass is 445 g/mol. The summed E-state index contributed by atoms with van der Waals surface area (Å²) in [5, 5.41) is 0. The van der Waals surface area contributed by atoms with Crippen molar-refractivity contribution in [1.29, 1.82) is 0 Å². The molecule has 2 aromatic rings. The number of benzene rings is 2. The molecule has 0 atom stereocenters. The van der Waals surface area contributed by atoms with Crippen LogP contribution in [0.3, 0.4) is 0 Å². The SMILES string of the molecule is O=C(c1ccc(NS(=O)(=O)c2ccc(F)cc2)cc1)N1CCN(C(=O)C2CCC2)CC1. The molecule has 0 radical (unpaired) electrons. The Bertz CT molecular complexity index is 1060. The Kier molecular flexibility index (Phi) is 5.95. The second-order valence-electron chi connectivity index (χ2n) is 7.88. The Morgan fingerprint density at radius 2 is 1.45 bits per heavy atom. The normalized spacial score (nSPS) is 17.2. The first-order chi connectivity index (χ1) is 14.8. The Hall–Kier alpha value is -2.94. The van der Waals surface area contributed by atoms with E-state index >= 15 is 0 Å². The average molecular weight is 446 g/mol. The molecule has 4 rings (SSSR count). The minimum atomic E-state index is -3.85. The van der Waals surface area contributed by atoms with Crippen molar-refractivity contribution in [3.63, 3.8) is 0 Å². The van der Waals surface area contributed by atoms with E-state index in [0.29, 0.717) is 37.4 Å². The molecule has 7 nitrogen and oxygen atoms in total. The smallest absolute Gasteiger partial charge is 0.261 e. The van der Waals surface area contributed by atoms with Gasteiger partial charge in [0.25, 0.3) is 15.9 Å². The molecular weight excluding hydrogens is 421 g/mol. The van der Waals surface area contributed by atoms with Gasteiger partial charge in [-0.05, 0) is 61.4 Å². The lowest BCUT2D eigenvalue weighted by Gasteiger charge is -2.38. The molecule has 1 aliphatic heterocycles. The molecule has 1 saturated heterocycles. The second-order valence-corrected chi connectivity index (χ2v) is 9.56. The van der Waals surface area contributed by atoms with Gasteiger partial charge in [-0.25, -0.2) is 12.8 Å². The first kappa shape index (κ1) is 21.3. The number of nitrogens with one attached hydrogen (secondary N) is 1. The van der Waals surface area contributed by atoms with Crippen LogP contribution in [0.5, 0.6) is 0 Å². The minimum absolute atomic E-state index is 0.0524. The summed E-state index contributed by atoms with van der Waals surface area (Å²) in [5.41, 5.74) is 0.750. The molecule has 2 fully saturated rings. The largest absolute Gasteiger partial charge is 0.339 e. The first-order valence-electron chi connectivity index (χ1n) is 10.3. The number of hydrogen-bond donors (Lipinski definition) is 1. The second kappa shape index (κ2) is 8.66.